The fourth-order valence-electron chi connectivity index (χ4n) is 3.49. The SMILES string of the molecule is COc1ccc(-c2nc3cc(C(C)C)ccc3o2)cc1NC(=O)c1cc(Cl)cc(Cl)c1OC. The van der Waals surface area contributed by atoms with Crippen LogP contribution < -0.4 is 14.8 Å². The van der Waals surface area contributed by atoms with Crippen LogP contribution in [0.4, 0.5) is 5.69 Å². The second kappa shape index (κ2) is 9.33. The molecule has 4 rings (SSSR count). The zero-order valence-electron chi connectivity index (χ0n) is 18.5. The van der Waals surface area contributed by atoms with Gasteiger partial charge < -0.3 is 19.2 Å². The number of nitrogens with one attached hydrogen (secondary N) is 1. The van der Waals surface area contributed by atoms with Crippen molar-refractivity contribution in [3.63, 3.8) is 0 Å². The van der Waals surface area contributed by atoms with E-state index in [0.717, 1.165) is 5.52 Å². The molecular formula is C25H22Cl2N2O4. The second-order valence-corrected chi connectivity index (χ2v) is 8.58. The van der Waals surface area contributed by atoms with Gasteiger partial charge in [-0.2, -0.15) is 0 Å². The van der Waals surface area contributed by atoms with E-state index in [1.807, 2.05) is 24.3 Å². The summed E-state index contributed by atoms with van der Waals surface area (Å²) in [5.74, 6) is 1.07. The van der Waals surface area contributed by atoms with Gasteiger partial charge in [-0.3, -0.25) is 4.79 Å². The van der Waals surface area contributed by atoms with E-state index in [2.05, 4.69) is 24.1 Å². The number of oxazole rings is 1. The van der Waals surface area contributed by atoms with E-state index in [4.69, 9.17) is 37.1 Å². The Balaban J connectivity index is 1.71. The first-order chi connectivity index (χ1) is 15.8. The largest absolute Gasteiger partial charge is 0.495 e. The number of nitrogens with zero attached hydrogens (tertiary/aromatic N) is 1. The minimum Gasteiger partial charge on any atom is -0.495 e. The van der Waals surface area contributed by atoms with E-state index in [1.54, 1.807) is 12.1 Å². The molecule has 0 bridgehead atoms. The van der Waals surface area contributed by atoms with Crippen LogP contribution in [0.25, 0.3) is 22.6 Å². The molecule has 0 aliphatic heterocycles. The van der Waals surface area contributed by atoms with Crippen LogP contribution in [0, 0.1) is 0 Å². The van der Waals surface area contributed by atoms with Crippen molar-refractivity contribution in [2.45, 2.75) is 19.8 Å². The number of fused-ring (bicyclic) bond motifs is 1. The van der Waals surface area contributed by atoms with Crippen molar-refractivity contribution in [3.8, 4) is 23.0 Å². The maximum absolute atomic E-state index is 13.1. The number of methoxy groups -OCH3 is 2. The monoisotopic (exact) mass is 484 g/mol. The lowest BCUT2D eigenvalue weighted by Crippen LogP contribution is -2.14. The Morgan fingerprint density at radius 2 is 1.82 bits per heavy atom. The summed E-state index contributed by atoms with van der Waals surface area (Å²) in [6.07, 6.45) is 0. The number of carbonyl (C=O) groups excluding carboxylic acids is 1. The number of ether oxygens (including phenoxy) is 2. The number of hydrogen-bond acceptors (Lipinski definition) is 5. The van der Waals surface area contributed by atoms with Gasteiger partial charge in [0.2, 0.25) is 5.89 Å². The summed E-state index contributed by atoms with van der Waals surface area (Å²) in [4.78, 5) is 17.7. The molecule has 6 nitrogen and oxygen atoms in total. The quantitative estimate of drug-likeness (QED) is 0.313. The lowest BCUT2D eigenvalue weighted by molar-refractivity contribution is 0.102. The number of halogens is 2. The molecule has 1 N–H and O–H groups in total. The van der Waals surface area contributed by atoms with Crippen molar-refractivity contribution in [1.29, 1.82) is 0 Å². The van der Waals surface area contributed by atoms with Crippen molar-refractivity contribution in [3.05, 3.63) is 69.7 Å². The summed E-state index contributed by atoms with van der Waals surface area (Å²) in [6, 6.07) is 14.3. The van der Waals surface area contributed by atoms with E-state index in [0.29, 0.717) is 39.4 Å². The molecule has 4 aromatic rings. The van der Waals surface area contributed by atoms with E-state index >= 15 is 0 Å². The Kier molecular flexibility index (Phi) is 6.49. The zero-order valence-corrected chi connectivity index (χ0v) is 20.0. The highest BCUT2D eigenvalue weighted by Crippen LogP contribution is 2.35. The average molecular weight is 485 g/mol. The van der Waals surface area contributed by atoms with Gasteiger partial charge in [0.05, 0.1) is 30.5 Å². The van der Waals surface area contributed by atoms with Gasteiger partial charge in [-0.25, -0.2) is 4.98 Å². The molecule has 0 aliphatic carbocycles. The predicted octanol–water partition coefficient (Wildman–Crippen LogP) is 7.19. The van der Waals surface area contributed by atoms with E-state index in [-0.39, 0.29) is 16.3 Å². The van der Waals surface area contributed by atoms with Crippen LogP contribution in [-0.2, 0) is 0 Å². The van der Waals surface area contributed by atoms with Crippen molar-refractivity contribution < 1.29 is 18.7 Å². The minimum atomic E-state index is -0.453. The van der Waals surface area contributed by atoms with E-state index in [1.165, 1.54) is 31.9 Å². The van der Waals surface area contributed by atoms with Crippen LogP contribution in [0.5, 0.6) is 11.5 Å². The van der Waals surface area contributed by atoms with Crippen molar-refractivity contribution in [1.82, 2.24) is 4.98 Å². The molecule has 0 fully saturated rings. The molecule has 0 spiro atoms. The summed E-state index contributed by atoms with van der Waals surface area (Å²) in [7, 11) is 2.96. The zero-order chi connectivity index (χ0) is 23.7. The molecule has 1 amide bonds. The first-order valence-corrected chi connectivity index (χ1v) is 11.0. The maximum atomic E-state index is 13.1. The fraction of sp³-hybridized carbons (Fsp3) is 0.200. The lowest BCUT2D eigenvalue weighted by atomic mass is 10.0. The van der Waals surface area contributed by atoms with Crippen molar-refractivity contribution in [2.24, 2.45) is 0 Å². The first-order valence-electron chi connectivity index (χ1n) is 10.2. The third-order valence-electron chi connectivity index (χ3n) is 5.23. The van der Waals surface area contributed by atoms with Crippen LogP contribution >= 0.6 is 23.2 Å². The van der Waals surface area contributed by atoms with Crippen molar-refractivity contribution in [2.75, 3.05) is 19.5 Å². The van der Waals surface area contributed by atoms with E-state index in [9.17, 15) is 4.79 Å². The maximum Gasteiger partial charge on any atom is 0.259 e. The summed E-state index contributed by atoms with van der Waals surface area (Å²) in [6.45, 7) is 4.26. The fourth-order valence-corrected chi connectivity index (χ4v) is 4.06. The predicted molar refractivity (Wildman–Crippen MR) is 131 cm³/mol. The van der Waals surface area contributed by atoms with Gasteiger partial charge in [0.25, 0.3) is 5.91 Å². The van der Waals surface area contributed by atoms with Gasteiger partial charge in [0.15, 0.2) is 5.58 Å². The summed E-state index contributed by atoms with van der Waals surface area (Å²) in [5, 5.41) is 3.40. The number of amides is 1. The highest BCUT2D eigenvalue weighted by atomic mass is 35.5. The molecule has 1 aromatic heterocycles. The smallest absolute Gasteiger partial charge is 0.259 e. The molecule has 33 heavy (non-hydrogen) atoms. The second-order valence-electron chi connectivity index (χ2n) is 7.74. The van der Waals surface area contributed by atoms with E-state index < -0.39 is 5.91 Å². The molecule has 0 saturated heterocycles. The highest BCUT2D eigenvalue weighted by Gasteiger charge is 2.19. The third-order valence-corrected chi connectivity index (χ3v) is 5.73. The highest BCUT2D eigenvalue weighted by molar-refractivity contribution is 6.36. The molecule has 0 saturated carbocycles. The Labute approximate surface area is 201 Å². The Morgan fingerprint density at radius 1 is 1.03 bits per heavy atom. The van der Waals surface area contributed by atoms with Gasteiger partial charge in [-0.15, -0.1) is 0 Å². The Morgan fingerprint density at radius 3 is 2.52 bits per heavy atom. The van der Waals surface area contributed by atoms with Gasteiger partial charge in [0, 0.05) is 10.6 Å². The third kappa shape index (κ3) is 4.63. The number of benzene rings is 3. The molecular weight excluding hydrogens is 463 g/mol. The van der Waals surface area contributed by atoms with Gasteiger partial charge in [-0.05, 0) is 53.9 Å². The Hall–Kier alpha value is -3.22. The van der Waals surface area contributed by atoms with Gasteiger partial charge in [-0.1, -0.05) is 43.1 Å². The Bertz CT molecular complexity index is 1350. The summed E-state index contributed by atoms with van der Waals surface area (Å²) < 4.78 is 16.7. The van der Waals surface area contributed by atoms with Gasteiger partial charge in [0.1, 0.15) is 17.0 Å². The number of carbonyl (C=O) groups is 1. The number of anilines is 1. The summed E-state index contributed by atoms with van der Waals surface area (Å²) >= 11 is 12.3. The lowest BCUT2D eigenvalue weighted by Gasteiger charge is -2.14. The van der Waals surface area contributed by atoms with Crippen LogP contribution in [0.15, 0.2) is 52.9 Å². The number of hydrogen-bond donors (Lipinski definition) is 1. The number of rotatable bonds is 6. The van der Waals surface area contributed by atoms with Gasteiger partial charge >= 0.3 is 0 Å². The standard InChI is InChI=1S/C25H22Cl2N2O4/c1-13(2)14-5-8-22-20(9-14)29-25(33-22)15-6-7-21(31-3)19(10-15)28-24(30)17-11-16(26)12-18(27)23(17)32-4/h5-13H,1-4H3,(H,28,30). The molecule has 0 atom stereocenters. The van der Waals surface area contributed by atoms with Crippen LogP contribution in [0.3, 0.4) is 0 Å². The van der Waals surface area contributed by atoms with Crippen molar-refractivity contribution >= 4 is 45.9 Å². The topological polar surface area (TPSA) is 73.6 Å². The summed E-state index contributed by atoms with van der Waals surface area (Å²) in [5.41, 5.74) is 3.96. The molecule has 0 aliphatic rings. The normalized spacial score (nSPS) is 11.1. The molecule has 0 unspecified atom stereocenters. The van der Waals surface area contributed by atoms with Crippen LogP contribution in [-0.4, -0.2) is 25.1 Å². The first kappa shape index (κ1) is 23.0. The molecule has 8 heteroatoms. The molecule has 1 heterocycles. The average Bonchev–Trinajstić information content (AvgIpc) is 3.22. The van der Waals surface area contributed by atoms with Crippen LogP contribution in [0.2, 0.25) is 10.0 Å². The number of aromatic nitrogens is 1. The molecule has 170 valence electrons. The molecule has 0 radical (unpaired) electrons. The minimum absolute atomic E-state index is 0.200. The van der Waals surface area contributed by atoms with Crippen LogP contribution in [0.1, 0.15) is 35.7 Å². The molecule has 3 aromatic carbocycles.